The summed E-state index contributed by atoms with van der Waals surface area (Å²) in [5, 5.41) is 32.0. The van der Waals surface area contributed by atoms with E-state index in [2.05, 4.69) is 15.9 Å². The largest absolute Gasteiger partial charge is 0.258 e. The molecule has 0 rings (SSSR count). The van der Waals surface area contributed by atoms with Crippen molar-refractivity contribution in [1.82, 2.24) is 0 Å². The van der Waals surface area contributed by atoms with Gasteiger partial charge in [-0.3, -0.25) is 5.41 Å². The lowest BCUT2D eigenvalue weighted by molar-refractivity contribution is 1.46. The second-order valence-electron chi connectivity index (χ2n) is 1.96. The molecule has 0 heterocycles. The molecule has 5 heteroatoms. The number of rotatable bonds is 2. The summed E-state index contributed by atoms with van der Waals surface area (Å²) in [6, 6.07) is 5.03. The van der Waals surface area contributed by atoms with Crippen molar-refractivity contribution in [3.05, 3.63) is 27.8 Å². The average molecular weight is 247 g/mol. The normalized spacial score (nSPS) is 8.57. The van der Waals surface area contributed by atoms with Crippen molar-refractivity contribution in [3.8, 4) is 18.2 Å². The van der Waals surface area contributed by atoms with E-state index in [1.807, 2.05) is 5.87 Å². The summed E-state index contributed by atoms with van der Waals surface area (Å²) in [4.78, 5) is 0. The minimum Gasteiger partial charge on any atom is -0.258 e. The molecule has 0 saturated carbocycles. The van der Waals surface area contributed by atoms with Gasteiger partial charge in [0.1, 0.15) is 29.4 Å². The van der Waals surface area contributed by atoms with E-state index >= 15 is 0 Å². The van der Waals surface area contributed by atoms with Crippen molar-refractivity contribution in [2.24, 2.45) is 0 Å². The highest BCUT2D eigenvalue weighted by molar-refractivity contribution is 9.11. The van der Waals surface area contributed by atoms with Crippen LogP contribution in [0.1, 0.15) is 0 Å². The molecule has 0 aliphatic carbocycles. The molecule has 0 saturated heterocycles. The Hall–Kier alpha value is -2.12. The monoisotopic (exact) mass is 246 g/mol. The summed E-state index contributed by atoms with van der Waals surface area (Å²) in [6.45, 7) is 0. The molecule has 0 aromatic rings. The van der Waals surface area contributed by atoms with Crippen LogP contribution in [0.15, 0.2) is 27.8 Å². The fourth-order valence-corrected chi connectivity index (χ4v) is 0.961. The van der Waals surface area contributed by atoms with Crippen LogP contribution in [0.2, 0.25) is 0 Å². The molecule has 0 aromatic carbocycles. The Bertz CT molecular complexity index is 443. The van der Waals surface area contributed by atoms with Gasteiger partial charge in [-0.15, -0.1) is 0 Å². The molecular formula is C9H3BrN4. The van der Waals surface area contributed by atoms with Crippen LogP contribution in [0.4, 0.5) is 0 Å². The summed E-state index contributed by atoms with van der Waals surface area (Å²) in [5.74, 6) is 1.90. The average Bonchev–Trinajstić information content (AvgIpc) is 2.22. The van der Waals surface area contributed by atoms with E-state index in [9.17, 15) is 0 Å². The maximum Gasteiger partial charge on any atom is 0.130 e. The van der Waals surface area contributed by atoms with E-state index in [1.54, 1.807) is 18.2 Å². The Labute approximate surface area is 89.3 Å². The third-order valence-corrected chi connectivity index (χ3v) is 1.52. The molecule has 0 aliphatic rings. The predicted octanol–water partition coefficient (Wildman–Crippen LogP) is 1.94. The van der Waals surface area contributed by atoms with Gasteiger partial charge in [-0.1, -0.05) is 15.9 Å². The van der Waals surface area contributed by atoms with Gasteiger partial charge in [-0.25, -0.2) is 0 Å². The van der Waals surface area contributed by atoms with Crippen LogP contribution in [0.5, 0.6) is 0 Å². The molecule has 0 spiro atoms. The number of nitrogens with one attached hydrogen (secondary N) is 1. The Balaban J connectivity index is 5.05. The zero-order valence-electron chi connectivity index (χ0n) is 6.87. The summed E-state index contributed by atoms with van der Waals surface area (Å²) < 4.78 is 0.368. The maximum atomic E-state index is 8.44. The standard InChI is InChI=1S/C9H3BrN4/c10-9(1-7(3-11)4-12)2-8(5-13)6-14/h1-2,11H/b9-1+. The Morgan fingerprint density at radius 2 is 1.64 bits per heavy atom. The van der Waals surface area contributed by atoms with Gasteiger partial charge in [0, 0.05) is 4.48 Å². The van der Waals surface area contributed by atoms with Gasteiger partial charge in [-0.2, -0.15) is 15.8 Å². The molecule has 0 aromatic heterocycles. The van der Waals surface area contributed by atoms with Crippen molar-refractivity contribution in [3.63, 3.8) is 0 Å². The first-order chi connectivity index (χ1) is 6.67. The van der Waals surface area contributed by atoms with Gasteiger partial charge >= 0.3 is 0 Å². The fourth-order valence-electron chi connectivity index (χ4n) is 0.503. The molecule has 0 fully saturated rings. The minimum absolute atomic E-state index is 0.00311. The Morgan fingerprint density at radius 3 is 2.00 bits per heavy atom. The first-order valence-corrected chi connectivity index (χ1v) is 4.06. The quantitative estimate of drug-likeness (QED) is 0.458. The maximum absolute atomic E-state index is 8.44. The van der Waals surface area contributed by atoms with Crippen molar-refractivity contribution >= 4 is 21.8 Å². The van der Waals surface area contributed by atoms with Gasteiger partial charge < -0.3 is 0 Å². The zero-order valence-corrected chi connectivity index (χ0v) is 8.46. The molecule has 4 nitrogen and oxygen atoms in total. The Morgan fingerprint density at radius 1 is 1.07 bits per heavy atom. The van der Waals surface area contributed by atoms with Crippen LogP contribution >= 0.6 is 15.9 Å². The van der Waals surface area contributed by atoms with Crippen molar-refractivity contribution < 1.29 is 0 Å². The first-order valence-electron chi connectivity index (χ1n) is 3.26. The van der Waals surface area contributed by atoms with E-state index in [4.69, 9.17) is 21.2 Å². The number of allylic oxidation sites excluding steroid dienone is 5. The molecule has 0 atom stereocenters. The lowest BCUT2D eigenvalue weighted by Gasteiger charge is -1.86. The van der Waals surface area contributed by atoms with Crippen molar-refractivity contribution in [2.45, 2.75) is 0 Å². The van der Waals surface area contributed by atoms with Gasteiger partial charge in [0.25, 0.3) is 0 Å². The lowest BCUT2D eigenvalue weighted by Crippen LogP contribution is -1.76. The summed E-state index contributed by atoms with van der Waals surface area (Å²) >= 11 is 3.03. The molecule has 66 valence electrons. The highest BCUT2D eigenvalue weighted by Crippen LogP contribution is 2.11. The SMILES string of the molecule is N#CC(=C=N)/C=C(/Br)C=C(C#N)C#N. The number of hydrogen-bond donors (Lipinski definition) is 1. The lowest BCUT2D eigenvalue weighted by atomic mass is 10.2. The van der Waals surface area contributed by atoms with E-state index < -0.39 is 0 Å². The topological polar surface area (TPSA) is 95.2 Å². The van der Waals surface area contributed by atoms with Crippen LogP contribution in [0.25, 0.3) is 0 Å². The molecule has 0 bridgehead atoms. The van der Waals surface area contributed by atoms with Crippen molar-refractivity contribution in [2.75, 3.05) is 0 Å². The summed E-state index contributed by atoms with van der Waals surface area (Å²) in [5.41, 5.74) is -0.0845. The van der Waals surface area contributed by atoms with Crippen LogP contribution in [-0.2, 0) is 0 Å². The molecule has 0 amide bonds. The fraction of sp³-hybridized carbons (Fsp3) is 0. The smallest absolute Gasteiger partial charge is 0.130 e. The third-order valence-electron chi connectivity index (χ3n) is 1.06. The van der Waals surface area contributed by atoms with Crippen LogP contribution < -0.4 is 0 Å². The first kappa shape index (κ1) is 11.9. The van der Waals surface area contributed by atoms with E-state index in [0.717, 1.165) is 0 Å². The number of nitrogens with zero attached hydrogens (tertiary/aromatic N) is 3. The minimum atomic E-state index is -0.0876. The molecule has 0 radical (unpaired) electrons. The summed E-state index contributed by atoms with van der Waals surface area (Å²) in [6.07, 6.45) is 2.55. The molecule has 0 aliphatic heterocycles. The third kappa shape index (κ3) is 4.04. The number of hydrogen-bond acceptors (Lipinski definition) is 4. The predicted molar refractivity (Wildman–Crippen MR) is 53.2 cm³/mol. The van der Waals surface area contributed by atoms with Crippen LogP contribution in [0.3, 0.4) is 0 Å². The van der Waals surface area contributed by atoms with Gasteiger partial charge in [0.2, 0.25) is 0 Å². The number of nitriles is 3. The second kappa shape index (κ2) is 6.40. The molecular weight excluding hydrogens is 244 g/mol. The van der Waals surface area contributed by atoms with Crippen LogP contribution in [0, 0.1) is 39.4 Å². The van der Waals surface area contributed by atoms with Gasteiger partial charge in [-0.05, 0) is 18.0 Å². The van der Waals surface area contributed by atoms with E-state index in [1.165, 1.54) is 12.2 Å². The Kier molecular flexibility index (Phi) is 5.43. The molecule has 14 heavy (non-hydrogen) atoms. The summed E-state index contributed by atoms with van der Waals surface area (Å²) in [7, 11) is 0. The number of halogens is 1. The van der Waals surface area contributed by atoms with E-state index in [0.29, 0.717) is 4.48 Å². The van der Waals surface area contributed by atoms with Crippen LogP contribution in [-0.4, -0.2) is 5.87 Å². The molecule has 0 unspecified atom stereocenters. The van der Waals surface area contributed by atoms with Gasteiger partial charge in [0.05, 0.1) is 0 Å². The van der Waals surface area contributed by atoms with Crippen molar-refractivity contribution in [1.29, 1.82) is 21.2 Å². The van der Waals surface area contributed by atoms with Gasteiger partial charge in [0.15, 0.2) is 0 Å². The zero-order chi connectivity index (χ0) is 11.0. The molecule has 1 N–H and O–H groups in total. The van der Waals surface area contributed by atoms with E-state index in [-0.39, 0.29) is 11.1 Å². The second-order valence-corrected chi connectivity index (χ2v) is 2.88. The highest BCUT2D eigenvalue weighted by atomic mass is 79.9. The highest BCUT2D eigenvalue weighted by Gasteiger charge is 1.95.